The summed E-state index contributed by atoms with van der Waals surface area (Å²) in [6, 6.07) is 5.59. The van der Waals surface area contributed by atoms with Crippen molar-refractivity contribution in [2.45, 2.75) is 25.8 Å². The molecule has 0 radical (unpaired) electrons. The molecule has 0 spiro atoms. The zero-order valence-electron chi connectivity index (χ0n) is 11.8. The lowest BCUT2D eigenvalue weighted by Gasteiger charge is -2.10. The molecule has 2 aromatic rings. The molecule has 1 aliphatic heterocycles. The number of carbonyl (C=O) groups is 1. The Morgan fingerprint density at radius 1 is 1.43 bits per heavy atom. The molecule has 1 saturated heterocycles. The highest BCUT2D eigenvalue weighted by Crippen LogP contribution is 2.23. The van der Waals surface area contributed by atoms with Crippen molar-refractivity contribution >= 4 is 26.7 Å². The predicted molar refractivity (Wildman–Crippen MR) is 79.9 cm³/mol. The van der Waals surface area contributed by atoms with Crippen LogP contribution in [0.25, 0.3) is 11.0 Å². The maximum absolute atomic E-state index is 12.0. The predicted octanol–water partition coefficient (Wildman–Crippen LogP) is 1.59. The van der Waals surface area contributed by atoms with Crippen LogP contribution >= 0.6 is 0 Å². The molecule has 1 N–H and O–H groups in total. The van der Waals surface area contributed by atoms with Gasteiger partial charge in [-0.3, -0.25) is 4.79 Å². The molecule has 1 amide bonds. The van der Waals surface area contributed by atoms with E-state index in [1.807, 2.05) is 25.1 Å². The number of rotatable bonds is 3. The van der Waals surface area contributed by atoms with Crippen LogP contribution in [-0.4, -0.2) is 31.9 Å². The quantitative estimate of drug-likeness (QED) is 0.934. The first-order chi connectivity index (χ1) is 9.93. The van der Waals surface area contributed by atoms with Crippen LogP contribution < -0.4 is 5.32 Å². The zero-order chi connectivity index (χ0) is 15.0. The van der Waals surface area contributed by atoms with E-state index in [1.165, 1.54) is 0 Å². The highest BCUT2D eigenvalue weighted by atomic mass is 32.2. The molecule has 1 aliphatic rings. The fraction of sp³-hybridized carbons (Fsp3) is 0.400. The number of sulfone groups is 1. The monoisotopic (exact) mass is 307 g/mol. The number of furan rings is 1. The second-order valence-corrected chi connectivity index (χ2v) is 7.83. The maximum Gasteiger partial charge on any atom is 0.224 e. The maximum atomic E-state index is 12.0. The van der Waals surface area contributed by atoms with Gasteiger partial charge in [-0.05, 0) is 25.0 Å². The summed E-state index contributed by atoms with van der Waals surface area (Å²) in [6.45, 7) is 1.98. The molecule has 6 heteroatoms. The molecule has 21 heavy (non-hydrogen) atoms. The molecule has 1 atom stereocenters. The molecule has 1 aromatic heterocycles. The zero-order valence-corrected chi connectivity index (χ0v) is 12.6. The summed E-state index contributed by atoms with van der Waals surface area (Å²) in [4.78, 5) is 12.0. The summed E-state index contributed by atoms with van der Waals surface area (Å²) in [5, 5.41) is 3.71. The Kier molecular flexibility index (Phi) is 3.49. The molecular weight excluding hydrogens is 290 g/mol. The topological polar surface area (TPSA) is 76.4 Å². The van der Waals surface area contributed by atoms with E-state index in [0.29, 0.717) is 6.42 Å². The minimum atomic E-state index is -2.98. The van der Waals surface area contributed by atoms with Crippen molar-refractivity contribution in [3.63, 3.8) is 0 Å². The van der Waals surface area contributed by atoms with Crippen LogP contribution in [0, 0.1) is 6.92 Å². The van der Waals surface area contributed by atoms with Crippen molar-refractivity contribution in [3.8, 4) is 0 Å². The number of amides is 1. The average molecular weight is 307 g/mol. The van der Waals surface area contributed by atoms with Gasteiger partial charge in [0.15, 0.2) is 9.84 Å². The Balaban J connectivity index is 1.69. The molecule has 5 nitrogen and oxygen atoms in total. The van der Waals surface area contributed by atoms with Crippen molar-refractivity contribution in [1.82, 2.24) is 5.32 Å². The number of hydrogen-bond donors (Lipinski definition) is 1. The van der Waals surface area contributed by atoms with Gasteiger partial charge in [-0.2, -0.15) is 0 Å². The minimum Gasteiger partial charge on any atom is -0.464 e. The van der Waals surface area contributed by atoms with E-state index in [1.54, 1.807) is 6.26 Å². The van der Waals surface area contributed by atoms with E-state index < -0.39 is 9.84 Å². The second kappa shape index (κ2) is 5.18. The van der Waals surface area contributed by atoms with Crippen molar-refractivity contribution in [1.29, 1.82) is 0 Å². The van der Waals surface area contributed by atoms with E-state index in [9.17, 15) is 13.2 Å². The molecule has 0 saturated carbocycles. The number of aryl methyl sites for hydroxylation is 1. The van der Waals surface area contributed by atoms with Gasteiger partial charge >= 0.3 is 0 Å². The molecule has 1 unspecified atom stereocenters. The first-order valence-electron chi connectivity index (χ1n) is 6.89. The second-order valence-electron chi connectivity index (χ2n) is 5.60. The van der Waals surface area contributed by atoms with Crippen molar-refractivity contribution in [3.05, 3.63) is 35.6 Å². The standard InChI is InChI=1S/C15H17NO4S/c1-10-2-3-13-11(8-20-14(13)6-10)7-15(17)16-12-4-5-21(18,19)9-12/h2-3,6,8,12H,4-5,7,9H2,1H3,(H,16,17). The summed E-state index contributed by atoms with van der Waals surface area (Å²) >= 11 is 0. The Labute approximate surface area is 123 Å². The molecule has 0 bridgehead atoms. The summed E-state index contributed by atoms with van der Waals surface area (Å²) in [5.74, 6) is 0.0380. The first kappa shape index (κ1) is 14.1. The lowest BCUT2D eigenvalue weighted by molar-refractivity contribution is -0.120. The molecule has 1 aromatic carbocycles. The highest BCUT2D eigenvalue weighted by molar-refractivity contribution is 7.91. The third-order valence-corrected chi connectivity index (χ3v) is 5.53. The highest BCUT2D eigenvalue weighted by Gasteiger charge is 2.28. The normalized spacial score (nSPS) is 20.7. The van der Waals surface area contributed by atoms with Gasteiger partial charge in [0.1, 0.15) is 5.58 Å². The largest absolute Gasteiger partial charge is 0.464 e. The van der Waals surface area contributed by atoms with E-state index in [4.69, 9.17) is 4.42 Å². The van der Waals surface area contributed by atoms with Gasteiger partial charge in [-0.1, -0.05) is 12.1 Å². The SMILES string of the molecule is Cc1ccc2c(CC(=O)NC3CCS(=O)(=O)C3)coc2c1. The van der Waals surface area contributed by atoms with Gasteiger partial charge in [0.2, 0.25) is 5.91 Å². The number of hydrogen-bond acceptors (Lipinski definition) is 4. The molecule has 112 valence electrons. The molecule has 3 rings (SSSR count). The molecular formula is C15H17NO4S. The van der Waals surface area contributed by atoms with Gasteiger partial charge in [-0.25, -0.2) is 8.42 Å². The van der Waals surface area contributed by atoms with Gasteiger partial charge in [0.05, 0.1) is 24.2 Å². The minimum absolute atomic E-state index is 0.0457. The van der Waals surface area contributed by atoms with Crippen LogP contribution in [0.2, 0.25) is 0 Å². The molecule has 0 aliphatic carbocycles. The van der Waals surface area contributed by atoms with Crippen LogP contribution in [0.5, 0.6) is 0 Å². The Morgan fingerprint density at radius 2 is 2.24 bits per heavy atom. The average Bonchev–Trinajstić information content (AvgIpc) is 2.93. The number of carbonyl (C=O) groups excluding carboxylic acids is 1. The van der Waals surface area contributed by atoms with Crippen molar-refractivity contribution < 1.29 is 17.6 Å². The van der Waals surface area contributed by atoms with Crippen molar-refractivity contribution in [2.24, 2.45) is 0 Å². The summed E-state index contributed by atoms with van der Waals surface area (Å²) in [5.41, 5.74) is 2.69. The van der Waals surface area contributed by atoms with Crippen molar-refractivity contribution in [2.75, 3.05) is 11.5 Å². The number of benzene rings is 1. The summed E-state index contributed by atoms with van der Waals surface area (Å²) in [6.07, 6.45) is 2.29. The van der Waals surface area contributed by atoms with E-state index in [2.05, 4.69) is 5.32 Å². The first-order valence-corrected chi connectivity index (χ1v) is 8.71. The third kappa shape index (κ3) is 3.10. The molecule has 2 heterocycles. The Bertz CT molecular complexity index is 791. The van der Waals surface area contributed by atoms with Gasteiger partial charge < -0.3 is 9.73 Å². The van der Waals surface area contributed by atoms with Crippen LogP contribution in [0.1, 0.15) is 17.5 Å². The number of nitrogens with one attached hydrogen (secondary N) is 1. The lowest BCUT2D eigenvalue weighted by Crippen LogP contribution is -2.36. The van der Waals surface area contributed by atoms with Crippen LogP contribution in [0.3, 0.4) is 0 Å². The van der Waals surface area contributed by atoms with Gasteiger partial charge in [-0.15, -0.1) is 0 Å². The van der Waals surface area contributed by atoms with Crippen LogP contribution in [0.4, 0.5) is 0 Å². The van der Waals surface area contributed by atoms with E-state index >= 15 is 0 Å². The Hall–Kier alpha value is -1.82. The third-order valence-electron chi connectivity index (χ3n) is 3.76. The van der Waals surface area contributed by atoms with Gasteiger partial charge in [0.25, 0.3) is 0 Å². The van der Waals surface area contributed by atoms with Crippen LogP contribution in [-0.2, 0) is 21.1 Å². The van der Waals surface area contributed by atoms with Crippen LogP contribution in [0.15, 0.2) is 28.9 Å². The summed E-state index contributed by atoms with van der Waals surface area (Å²) < 4.78 is 28.2. The number of fused-ring (bicyclic) bond motifs is 1. The summed E-state index contributed by atoms with van der Waals surface area (Å²) in [7, 11) is -2.98. The smallest absolute Gasteiger partial charge is 0.224 e. The lowest BCUT2D eigenvalue weighted by atomic mass is 10.1. The fourth-order valence-electron chi connectivity index (χ4n) is 2.69. The molecule has 1 fully saturated rings. The van der Waals surface area contributed by atoms with E-state index in [-0.39, 0.29) is 29.9 Å². The van der Waals surface area contributed by atoms with E-state index in [0.717, 1.165) is 22.1 Å². The fourth-order valence-corrected chi connectivity index (χ4v) is 4.36. The van der Waals surface area contributed by atoms with Gasteiger partial charge in [0, 0.05) is 17.0 Å². The Morgan fingerprint density at radius 3 is 2.95 bits per heavy atom.